The molecular weight excluding hydrogens is 394 g/mol. The highest BCUT2D eigenvalue weighted by molar-refractivity contribution is 6.37. The first-order chi connectivity index (χ1) is 15.1. The number of morpholine rings is 1. The van der Waals surface area contributed by atoms with E-state index in [9.17, 15) is 14.4 Å². The number of carbonyl (C=O) groups is 3. The van der Waals surface area contributed by atoms with Crippen LogP contribution in [0.15, 0.2) is 24.3 Å². The smallest absolute Gasteiger partial charge is 0.287 e. The van der Waals surface area contributed by atoms with E-state index in [0.717, 1.165) is 57.6 Å². The summed E-state index contributed by atoms with van der Waals surface area (Å²) >= 11 is 0. The van der Waals surface area contributed by atoms with Crippen LogP contribution >= 0.6 is 0 Å². The molecule has 0 aromatic heterocycles. The maximum absolute atomic E-state index is 13.2. The van der Waals surface area contributed by atoms with Crippen LogP contribution in [0.2, 0.25) is 0 Å². The van der Waals surface area contributed by atoms with Crippen LogP contribution in [0.1, 0.15) is 54.4 Å². The second-order valence-corrected chi connectivity index (χ2v) is 8.96. The summed E-state index contributed by atoms with van der Waals surface area (Å²) in [7, 11) is 0. The number of Topliss-reactive ketones (excluding diaryl/α,β-unsaturated/α-hetero) is 1. The largest absolute Gasteiger partial charge is 0.379 e. The van der Waals surface area contributed by atoms with Crippen LogP contribution in [0.4, 0.5) is 0 Å². The van der Waals surface area contributed by atoms with Crippen LogP contribution in [-0.2, 0) is 20.9 Å². The summed E-state index contributed by atoms with van der Waals surface area (Å²) in [6, 6.07) is 7.82. The molecule has 2 aliphatic heterocycles. The maximum Gasteiger partial charge on any atom is 0.287 e. The molecule has 2 heterocycles. The molecule has 4 rings (SSSR count). The molecule has 1 unspecified atom stereocenters. The zero-order valence-electron chi connectivity index (χ0n) is 18.2. The molecule has 0 radical (unpaired) electrons. The molecule has 0 bridgehead atoms. The number of likely N-dealkylation sites (tertiary alicyclic amines) is 1. The van der Waals surface area contributed by atoms with Gasteiger partial charge >= 0.3 is 0 Å². The SMILES string of the molecule is O=C(NC1CCCCC1)C(=O)C1CCN(C(=O)c2ccccc2CN2CCOCC2)C1. The number of ether oxygens (including phenoxy) is 1. The van der Waals surface area contributed by atoms with Crippen molar-refractivity contribution in [3.8, 4) is 0 Å². The monoisotopic (exact) mass is 427 g/mol. The van der Waals surface area contributed by atoms with Gasteiger partial charge in [-0.05, 0) is 30.9 Å². The minimum absolute atomic E-state index is 0.0492. The number of carbonyl (C=O) groups excluding carboxylic acids is 3. The summed E-state index contributed by atoms with van der Waals surface area (Å²) in [5, 5.41) is 2.92. The maximum atomic E-state index is 13.2. The van der Waals surface area contributed by atoms with Crippen LogP contribution < -0.4 is 5.32 Å². The van der Waals surface area contributed by atoms with Crippen LogP contribution in [0.25, 0.3) is 0 Å². The van der Waals surface area contributed by atoms with Gasteiger partial charge in [-0.2, -0.15) is 0 Å². The molecule has 1 aliphatic carbocycles. The first kappa shape index (κ1) is 22.0. The number of hydrogen-bond acceptors (Lipinski definition) is 5. The van der Waals surface area contributed by atoms with Crippen molar-refractivity contribution in [3.63, 3.8) is 0 Å². The standard InChI is InChI=1S/C24H33N3O4/c28-22(23(29)25-20-7-2-1-3-8-20)19-10-11-27(17-19)24(30)21-9-5-4-6-18(21)16-26-12-14-31-15-13-26/h4-6,9,19-20H,1-3,7-8,10-17H2,(H,25,29). The Labute approximate surface area is 184 Å². The quantitative estimate of drug-likeness (QED) is 0.703. The molecule has 31 heavy (non-hydrogen) atoms. The normalized spacial score (nSPS) is 23.0. The Kier molecular flexibility index (Phi) is 7.35. The molecular formula is C24H33N3O4. The highest BCUT2D eigenvalue weighted by Gasteiger charge is 2.35. The summed E-state index contributed by atoms with van der Waals surface area (Å²) in [5.41, 5.74) is 1.69. The third-order valence-corrected chi connectivity index (χ3v) is 6.76. The first-order valence-corrected chi connectivity index (χ1v) is 11.6. The predicted octanol–water partition coefficient (Wildman–Crippen LogP) is 2.00. The molecule has 1 saturated carbocycles. The van der Waals surface area contributed by atoms with Crippen LogP contribution in [0.5, 0.6) is 0 Å². The lowest BCUT2D eigenvalue weighted by Crippen LogP contribution is -2.43. The Hall–Kier alpha value is -2.25. The van der Waals surface area contributed by atoms with E-state index < -0.39 is 11.8 Å². The molecule has 1 aromatic carbocycles. The minimum Gasteiger partial charge on any atom is -0.379 e. The van der Waals surface area contributed by atoms with E-state index in [-0.39, 0.29) is 17.7 Å². The predicted molar refractivity (Wildman–Crippen MR) is 117 cm³/mol. The van der Waals surface area contributed by atoms with Crippen molar-refractivity contribution in [3.05, 3.63) is 35.4 Å². The van der Waals surface area contributed by atoms with E-state index in [1.807, 2.05) is 24.3 Å². The fraction of sp³-hybridized carbons (Fsp3) is 0.625. The Morgan fingerprint density at radius 2 is 1.71 bits per heavy atom. The number of benzene rings is 1. The number of nitrogens with zero attached hydrogens (tertiary/aromatic N) is 2. The van der Waals surface area contributed by atoms with Gasteiger partial charge in [-0.25, -0.2) is 0 Å². The number of nitrogens with one attached hydrogen (secondary N) is 1. The van der Waals surface area contributed by atoms with Crippen LogP contribution in [0.3, 0.4) is 0 Å². The zero-order chi connectivity index (χ0) is 21.6. The lowest BCUT2D eigenvalue weighted by atomic mass is 9.94. The molecule has 168 valence electrons. The second-order valence-electron chi connectivity index (χ2n) is 8.96. The van der Waals surface area contributed by atoms with Gasteiger partial charge < -0.3 is 15.0 Å². The van der Waals surface area contributed by atoms with Gasteiger partial charge in [0.05, 0.1) is 13.2 Å². The summed E-state index contributed by atoms with van der Waals surface area (Å²) < 4.78 is 5.42. The average Bonchev–Trinajstić information content (AvgIpc) is 3.30. The molecule has 2 saturated heterocycles. The Morgan fingerprint density at radius 3 is 2.48 bits per heavy atom. The molecule has 1 N–H and O–H groups in total. The first-order valence-electron chi connectivity index (χ1n) is 11.6. The topological polar surface area (TPSA) is 79.0 Å². The Bertz CT molecular complexity index is 800. The molecule has 3 fully saturated rings. The number of amides is 2. The van der Waals surface area contributed by atoms with Crippen molar-refractivity contribution in [1.82, 2.24) is 15.1 Å². The fourth-order valence-electron chi connectivity index (χ4n) is 4.88. The average molecular weight is 428 g/mol. The van der Waals surface area contributed by atoms with Gasteiger partial charge in [0.1, 0.15) is 0 Å². The summed E-state index contributed by atoms with van der Waals surface area (Å²) in [5.74, 6) is -1.30. The summed E-state index contributed by atoms with van der Waals surface area (Å²) in [4.78, 5) is 42.4. The van der Waals surface area contributed by atoms with Gasteiger partial charge in [0.25, 0.3) is 11.8 Å². The van der Waals surface area contributed by atoms with E-state index >= 15 is 0 Å². The fourth-order valence-corrected chi connectivity index (χ4v) is 4.88. The van der Waals surface area contributed by atoms with Crippen molar-refractivity contribution in [2.75, 3.05) is 39.4 Å². The van der Waals surface area contributed by atoms with Crippen molar-refractivity contribution < 1.29 is 19.1 Å². The Morgan fingerprint density at radius 1 is 0.968 bits per heavy atom. The molecule has 3 aliphatic rings. The van der Waals surface area contributed by atoms with Gasteiger partial charge in [-0.3, -0.25) is 19.3 Å². The molecule has 2 amide bonds. The van der Waals surface area contributed by atoms with Gasteiger partial charge in [0.2, 0.25) is 5.78 Å². The summed E-state index contributed by atoms with van der Waals surface area (Å²) in [6.45, 7) is 4.70. The van der Waals surface area contributed by atoms with E-state index in [1.54, 1.807) is 4.90 Å². The lowest BCUT2D eigenvalue weighted by Gasteiger charge is -2.27. The highest BCUT2D eigenvalue weighted by Crippen LogP contribution is 2.23. The van der Waals surface area contributed by atoms with Gasteiger partial charge in [0.15, 0.2) is 0 Å². The van der Waals surface area contributed by atoms with Gasteiger partial charge in [-0.15, -0.1) is 0 Å². The van der Waals surface area contributed by atoms with Crippen LogP contribution in [0, 0.1) is 5.92 Å². The lowest BCUT2D eigenvalue weighted by molar-refractivity contribution is -0.140. The van der Waals surface area contributed by atoms with Gasteiger partial charge in [-0.1, -0.05) is 37.5 Å². The van der Waals surface area contributed by atoms with E-state index in [2.05, 4.69) is 10.2 Å². The van der Waals surface area contributed by atoms with E-state index in [1.165, 1.54) is 6.42 Å². The number of rotatable bonds is 6. The third kappa shape index (κ3) is 5.52. The number of ketones is 1. The van der Waals surface area contributed by atoms with E-state index in [0.29, 0.717) is 31.6 Å². The van der Waals surface area contributed by atoms with Crippen molar-refractivity contribution in [2.24, 2.45) is 5.92 Å². The molecule has 1 aromatic rings. The Balaban J connectivity index is 1.35. The van der Waals surface area contributed by atoms with Crippen LogP contribution in [-0.4, -0.2) is 72.8 Å². The molecule has 7 heteroatoms. The molecule has 7 nitrogen and oxygen atoms in total. The minimum atomic E-state index is -0.473. The van der Waals surface area contributed by atoms with Crippen molar-refractivity contribution in [2.45, 2.75) is 51.1 Å². The number of hydrogen-bond donors (Lipinski definition) is 1. The highest BCUT2D eigenvalue weighted by atomic mass is 16.5. The summed E-state index contributed by atoms with van der Waals surface area (Å²) in [6.07, 6.45) is 5.87. The molecule has 1 atom stereocenters. The zero-order valence-corrected chi connectivity index (χ0v) is 18.2. The van der Waals surface area contributed by atoms with E-state index in [4.69, 9.17) is 4.74 Å². The third-order valence-electron chi connectivity index (χ3n) is 6.76. The van der Waals surface area contributed by atoms with Gasteiger partial charge in [0, 0.05) is 50.2 Å². The van der Waals surface area contributed by atoms with Crippen molar-refractivity contribution >= 4 is 17.6 Å². The van der Waals surface area contributed by atoms with Crippen molar-refractivity contribution in [1.29, 1.82) is 0 Å². The second kappa shape index (κ2) is 10.4. The molecule has 0 spiro atoms.